The second kappa shape index (κ2) is 7.14. The fourth-order valence-corrected chi connectivity index (χ4v) is 2.60. The lowest BCUT2D eigenvalue weighted by Crippen LogP contribution is -2.19. The summed E-state index contributed by atoms with van der Waals surface area (Å²) in [7, 11) is 1.52. The van der Waals surface area contributed by atoms with Crippen molar-refractivity contribution in [3.05, 3.63) is 65.7 Å². The number of nitrogens with one attached hydrogen (secondary N) is 1. The van der Waals surface area contributed by atoms with Gasteiger partial charge in [0.15, 0.2) is 0 Å². The number of carbonyl (C=O) groups is 1. The molecule has 0 aliphatic heterocycles. The second-order valence-corrected chi connectivity index (χ2v) is 5.74. The van der Waals surface area contributed by atoms with Crippen LogP contribution in [-0.2, 0) is 0 Å². The van der Waals surface area contributed by atoms with Crippen molar-refractivity contribution < 1.29 is 19.7 Å². The maximum Gasteiger partial charge on any atom is 0.275 e. The molecule has 0 aliphatic carbocycles. The van der Waals surface area contributed by atoms with Gasteiger partial charge in [0.05, 0.1) is 18.4 Å². The number of hydrazone groups is 1. The fourth-order valence-electron chi connectivity index (χ4n) is 2.60. The average molecular weight is 350 g/mol. The van der Waals surface area contributed by atoms with Gasteiger partial charge in [0.2, 0.25) is 0 Å². The van der Waals surface area contributed by atoms with E-state index in [1.165, 1.54) is 19.2 Å². The van der Waals surface area contributed by atoms with E-state index in [1.54, 1.807) is 25.1 Å². The first-order valence-electron chi connectivity index (χ1n) is 7.93. The standard InChI is InChI=1S/C20H18N2O4/c1-12(16-11-15(26-2)7-8-18(16)23)21-22-20(25)17-9-13-5-3-4-6-14(13)10-19(17)24/h3-11,23-24H,1-2H3,(H,22,25)/b21-12+. The number of fused-ring (bicyclic) bond motifs is 1. The maximum atomic E-state index is 12.4. The summed E-state index contributed by atoms with van der Waals surface area (Å²) in [5, 5.41) is 25.8. The molecule has 0 radical (unpaired) electrons. The number of carbonyl (C=O) groups excluding carboxylic acids is 1. The number of phenolic OH excluding ortho intramolecular Hbond substituents is 2. The summed E-state index contributed by atoms with van der Waals surface area (Å²) in [6, 6.07) is 15.3. The van der Waals surface area contributed by atoms with Crippen molar-refractivity contribution in [2.45, 2.75) is 6.92 Å². The van der Waals surface area contributed by atoms with Gasteiger partial charge in [-0.1, -0.05) is 24.3 Å². The van der Waals surface area contributed by atoms with Crippen LogP contribution in [0.1, 0.15) is 22.8 Å². The van der Waals surface area contributed by atoms with Gasteiger partial charge in [-0.05, 0) is 48.0 Å². The van der Waals surface area contributed by atoms with E-state index in [1.807, 2.05) is 24.3 Å². The van der Waals surface area contributed by atoms with E-state index in [9.17, 15) is 15.0 Å². The third kappa shape index (κ3) is 3.44. The van der Waals surface area contributed by atoms with Crippen LogP contribution in [0.2, 0.25) is 0 Å². The van der Waals surface area contributed by atoms with Gasteiger partial charge in [0, 0.05) is 5.56 Å². The van der Waals surface area contributed by atoms with E-state index in [-0.39, 0.29) is 17.1 Å². The first-order chi connectivity index (χ1) is 12.5. The highest BCUT2D eigenvalue weighted by Crippen LogP contribution is 2.25. The number of phenols is 2. The molecule has 0 unspecified atom stereocenters. The summed E-state index contributed by atoms with van der Waals surface area (Å²) in [6.45, 7) is 1.65. The number of ether oxygens (including phenoxy) is 1. The lowest BCUT2D eigenvalue weighted by molar-refractivity contribution is 0.0952. The summed E-state index contributed by atoms with van der Waals surface area (Å²) >= 11 is 0. The van der Waals surface area contributed by atoms with E-state index >= 15 is 0 Å². The molecule has 0 spiro atoms. The Hall–Kier alpha value is -3.54. The highest BCUT2D eigenvalue weighted by Gasteiger charge is 2.13. The zero-order valence-corrected chi connectivity index (χ0v) is 14.4. The highest BCUT2D eigenvalue weighted by atomic mass is 16.5. The number of benzene rings is 3. The molecule has 1 amide bonds. The Labute approximate surface area is 150 Å². The van der Waals surface area contributed by atoms with Crippen LogP contribution in [0.25, 0.3) is 10.8 Å². The Kier molecular flexibility index (Phi) is 4.75. The molecule has 132 valence electrons. The molecule has 3 N–H and O–H groups in total. The Morgan fingerprint density at radius 2 is 1.65 bits per heavy atom. The summed E-state index contributed by atoms with van der Waals surface area (Å²) in [4.78, 5) is 12.4. The number of methoxy groups -OCH3 is 1. The summed E-state index contributed by atoms with van der Waals surface area (Å²) in [6.07, 6.45) is 0. The van der Waals surface area contributed by atoms with Gasteiger partial charge < -0.3 is 14.9 Å². The van der Waals surface area contributed by atoms with E-state index in [4.69, 9.17) is 4.74 Å². The summed E-state index contributed by atoms with van der Waals surface area (Å²) in [5.74, 6) is -0.0889. The Morgan fingerprint density at radius 3 is 2.35 bits per heavy atom. The van der Waals surface area contributed by atoms with Crippen LogP contribution < -0.4 is 10.2 Å². The topological polar surface area (TPSA) is 91.2 Å². The predicted octanol–water partition coefficient (Wildman–Crippen LogP) is 3.41. The van der Waals surface area contributed by atoms with E-state index < -0.39 is 5.91 Å². The molecule has 3 aromatic rings. The third-order valence-corrected chi connectivity index (χ3v) is 4.03. The van der Waals surface area contributed by atoms with Crippen molar-refractivity contribution >= 4 is 22.4 Å². The number of rotatable bonds is 4. The Bertz CT molecular complexity index is 1010. The van der Waals surface area contributed by atoms with Crippen molar-refractivity contribution in [2.75, 3.05) is 7.11 Å². The molecule has 0 saturated heterocycles. The van der Waals surface area contributed by atoms with Crippen LogP contribution in [0.4, 0.5) is 0 Å². The molecule has 6 heteroatoms. The van der Waals surface area contributed by atoms with Crippen LogP contribution in [0, 0.1) is 0 Å². The van der Waals surface area contributed by atoms with E-state index in [2.05, 4.69) is 10.5 Å². The molecule has 26 heavy (non-hydrogen) atoms. The van der Waals surface area contributed by atoms with Gasteiger partial charge in [-0.25, -0.2) is 5.43 Å². The SMILES string of the molecule is COc1ccc(O)c(/C(C)=N/NC(=O)c2cc3ccccc3cc2O)c1. The van der Waals surface area contributed by atoms with Gasteiger partial charge in [0.1, 0.15) is 17.2 Å². The molecule has 3 aromatic carbocycles. The largest absolute Gasteiger partial charge is 0.507 e. The quantitative estimate of drug-likeness (QED) is 0.497. The third-order valence-electron chi connectivity index (χ3n) is 4.03. The number of amides is 1. The molecule has 0 aromatic heterocycles. The highest BCUT2D eigenvalue weighted by molar-refractivity contribution is 6.04. The minimum Gasteiger partial charge on any atom is -0.507 e. The fraction of sp³-hybridized carbons (Fsp3) is 0.100. The Balaban J connectivity index is 1.86. The molecule has 0 fully saturated rings. The number of aromatic hydroxyl groups is 2. The lowest BCUT2D eigenvalue weighted by Gasteiger charge is -2.08. The zero-order chi connectivity index (χ0) is 18.7. The number of hydrogen-bond acceptors (Lipinski definition) is 5. The van der Waals surface area contributed by atoms with Crippen LogP contribution in [-0.4, -0.2) is 28.9 Å². The molecule has 0 bridgehead atoms. The van der Waals surface area contributed by atoms with Gasteiger partial charge >= 0.3 is 0 Å². The number of hydrogen-bond donors (Lipinski definition) is 3. The molecule has 6 nitrogen and oxygen atoms in total. The average Bonchev–Trinajstić information content (AvgIpc) is 2.65. The van der Waals surface area contributed by atoms with Gasteiger partial charge in [-0.3, -0.25) is 4.79 Å². The van der Waals surface area contributed by atoms with Crippen molar-refractivity contribution in [3.63, 3.8) is 0 Å². The zero-order valence-electron chi connectivity index (χ0n) is 14.4. The molecule has 0 saturated carbocycles. The lowest BCUT2D eigenvalue weighted by atomic mass is 10.1. The van der Waals surface area contributed by atoms with Gasteiger partial charge in [-0.2, -0.15) is 5.10 Å². The molecule has 0 aliphatic rings. The normalized spacial score (nSPS) is 11.4. The minimum absolute atomic E-state index is 0.0230. The maximum absolute atomic E-state index is 12.4. The minimum atomic E-state index is -0.546. The van der Waals surface area contributed by atoms with Crippen molar-refractivity contribution in [1.82, 2.24) is 5.43 Å². The predicted molar refractivity (Wildman–Crippen MR) is 99.9 cm³/mol. The first kappa shape index (κ1) is 17.3. The van der Waals surface area contributed by atoms with Crippen LogP contribution in [0.15, 0.2) is 59.7 Å². The monoisotopic (exact) mass is 350 g/mol. The van der Waals surface area contributed by atoms with Crippen molar-refractivity contribution in [1.29, 1.82) is 0 Å². The molecule has 0 heterocycles. The smallest absolute Gasteiger partial charge is 0.275 e. The van der Waals surface area contributed by atoms with Crippen LogP contribution in [0.3, 0.4) is 0 Å². The van der Waals surface area contributed by atoms with E-state index in [0.29, 0.717) is 17.0 Å². The second-order valence-electron chi connectivity index (χ2n) is 5.74. The molecular formula is C20H18N2O4. The summed E-state index contributed by atoms with van der Waals surface area (Å²) < 4.78 is 5.13. The first-order valence-corrected chi connectivity index (χ1v) is 7.93. The van der Waals surface area contributed by atoms with Gasteiger partial charge in [-0.15, -0.1) is 0 Å². The Morgan fingerprint density at radius 1 is 0.962 bits per heavy atom. The van der Waals surface area contributed by atoms with Gasteiger partial charge in [0.25, 0.3) is 5.91 Å². The molecular weight excluding hydrogens is 332 g/mol. The number of nitrogens with zero attached hydrogens (tertiary/aromatic N) is 1. The van der Waals surface area contributed by atoms with Crippen LogP contribution in [0.5, 0.6) is 17.2 Å². The van der Waals surface area contributed by atoms with Crippen LogP contribution >= 0.6 is 0 Å². The molecule has 3 rings (SSSR count). The molecule has 0 atom stereocenters. The summed E-state index contributed by atoms with van der Waals surface area (Å²) in [5.41, 5.74) is 3.36. The van der Waals surface area contributed by atoms with E-state index in [0.717, 1.165) is 10.8 Å². The van der Waals surface area contributed by atoms with Crippen molar-refractivity contribution in [3.8, 4) is 17.2 Å². The van der Waals surface area contributed by atoms with Crippen molar-refractivity contribution in [2.24, 2.45) is 5.10 Å².